The van der Waals surface area contributed by atoms with Gasteiger partial charge in [0.25, 0.3) is 0 Å². The minimum absolute atomic E-state index is 0.742. The van der Waals surface area contributed by atoms with Gasteiger partial charge in [0, 0.05) is 25.0 Å². The van der Waals surface area contributed by atoms with Crippen molar-refractivity contribution in [3.05, 3.63) is 30.2 Å². The number of nitrogens with two attached hydrogens (primary N) is 1. The molecule has 88 valence electrons. The van der Waals surface area contributed by atoms with E-state index in [1.54, 1.807) is 17.1 Å². The molecule has 0 aliphatic heterocycles. The maximum Gasteiger partial charge on any atom is 0.129 e. The van der Waals surface area contributed by atoms with Gasteiger partial charge in [-0.15, -0.1) is 0 Å². The van der Waals surface area contributed by atoms with Crippen molar-refractivity contribution in [1.29, 1.82) is 0 Å². The molecule has 3 rings (SSSR count). The zero-order valence-corrected chi connectivity index (χ0v) is 9.93. The molecular weight excluding hydrogens is 212 g/mol. The van der Waals surface area contributed by atoms with Crippen molar-refractivity contribution in [2.24, 2.45) is 13.0 Å². The molecule has 0 saturated heterocycles. The summed E-state index contributed by atoms with van der Waals surface area (Å²) < 4.78 is 1.77. The molecule has 1 aliphatic carbocycles. The van der Waals surface area contributed by atoms with Gasteiger partial charge in [0.2, 0.25) is 0 Å². The summed E-state index contributed by atoms with van der Waals surface area (Å²) in [7, 11) is 1.90. The highest BCUT2D eigenvalue weighted by molar-refractivity contribution is 5.76. The molecule has 0 spiro atoms. The van der Waals surface area contributed by atoms with Crippen molar-refractivity contribution in [2.75, 3.05) is 5.73 Å². The van der Waals surface area contributed by atoms with Crippen LogP contribution in [0.4, 0.5) is 5.82 Å². The fourth-order valence-corrected chi connectivity index (χ4v) is 2.17. The van der Waals surface area contributed by atoms with Gasteiger partial charge in [0.15, 0.2) is 0 Å². The first-order valence-electron chi connectivity index (χ1n) is 5.97. The number of nitrogens with zero attached hydrogens (tertiary/aromatic N) is 3. The lowest BCUT2D eigenvalue weighted by molar-refractivity contribution is 0.722. The average molecular weight is 228 g/mol. The highest BCUT2D eigenvalue weighted by Crippen LogP contribution is 2.37. The number of pyridine rings is 1. The summed E-state index contributed by atoms with van der Waals surface area (Å²) in [4.78, 5) is 4.04. The summed E-state index contributed by atoms with van der Waals surface area (Å²) in [5, 5.41) is 4.54. The van der Waals surface area contributed by atoms with Crippen LogP contribution in [0.25, 0.3) is 11.1 Å². The van der Waals surface area contributed by atoms with Crippen LogP contribution in [0.1, 0.15) is 18.5 Å². The molecule has 4 nitrogen and oxygen atoms in total. The first-order chi connectivity index (χ1) is 8.25. The van der Waals surface area contributed by atoms with Crippen molar-refractivity contribution in [3.8, 4) is 11.1 Å². The van der Waals surface area contributed by atoms with E-state index in [1.165, 1.54) is 12.8 Å². The van der Waals surface area contributed by atoms with Crippen LogP contribution in [-0.4, -0.2) is 14.8 Å². The van der Waals surface area contributed by atoms with Gasteiger partial charge in [0.1, 0.15) is 5.82 Å². The number of aryl methyl sites for hydroxylation is 1. The third kappa shape index (κ3) is 1.90. The van der Waals surface area contributed by atoms with E-state index in [1.807, 2.05) is 19.2 Å². The molecule has 17 heavy (non-hydrogen) atoms. The first-order valence-corrected chi connectivity index (χ1v) is 5.97. The Morgan fingerprint density at radius 1 is 1.35 bits per heavy atom. The third-order valence-corrected chi connectivity index (χ3v) is 3.31. The Balaban J connectivity index is 2.06. The van der Waals surface area contributed by atoms with Crippen LogP contribution in [0.2, 0.25) is 0 Å². The maximum atomic E-state index is 6.11. The Labute approximate surface area is 100 Å². The molecule has 1 saturated carbocycles. The van der Waals surface area contributed by atoms with Gasteiger partial charge >= 0.3 is 0 Å². The van der Waals surface area contributed by atoms with Gasteiger partial charge in [-0.3, -0.25) is 9.67 Å². The molecule has 4 heteroatoms. The Hall–Kier alpha value is -1.84. The van der Waals surface area contributed by atoms with Crippen molar-refractivity contribution in [3.63, 3.8) is 0 Å². The average Bonchev–Trinajstić information content (AvgIpc) is 3.09. The van der Waals surface area contributed by atoms with Crippen molar-refractivity contribution >= 4 is 5.82 Å². The van der Waals surface area contributed by atoms with Crippen LogP contribution in [0.3, 0.4) is 0 Å². The number of anilines is 1. The smallest absolute Gasteiger partial charge is 0.129 e. The number of rotatable bonds is 3. The molecule has 2 heterocycles. The van der Waals surface area contributed by atoms with Crippen molar-refractivity contribution in [1.82, 2.24) is 14.8 Å². The van der Waals surface area contributed by atoms with E-state index < -0.39 is 0 Å². The Kier molecular flexibility index (Phi) is 2.35. The monoisotopic (exact) mass is 228 g/mol. The van der Waals surface area contributed by atoms with Gasteiger partial charge in [-0.2, -0.15) is 5.10 Å². The predicted molar refractivity (Wildman–Crippen MR) is 67.3 cm³/mol. The molecular formula is C13H16N4. The summed E-state index contributed by atoms with van der Waals surface area (Å²) in [6.07, 6.45) is 7.28. The molecule has 1 aliphatic rings. The summed E-state index contributed by atoms with van der Waals surface area (Å²) in [6, 6.07) is 3.98. The highest BCUT2D eigenvalue weighted by atomic mass is 15.3. The lowest BCUT2D eigenvalue weighted by atomic mass is 10.0. The van der Waals surface area contributed by atoms with Crippen molar-refractivity contribution < 1.29 is 0 Å². The second-order valence-corrected chi connectivity index (χ2v) is 4.71. The van der Waals surface area contributed by atoms with Crippen LogP contribution in [-0.2, 0) is 13.5 Å². The van der Waals surface area contributed by atoms with Crippen LogP contribution in [0.15, 0.2) is 24.5 Å². The molecule has 0 amide bonds. The summed E-state index contributed by atoms with van der Waals surface area (Å²) in [5.41, 5.74) is 9.43. The summed E-state index contributed by atoms with van der Waals surface area (Å²) >= 11 is 0. The van der Waals surface area contributed by atoms with E-state index in [4.69, 9.17) is 5.73 Å². The van der Waals surface area contributed by atoms with Gasteiger partial charge in [-0.25, -0.2) is 0 Å². The molecule has 2 aromatic heterocycles. The fraction of sp³-hybridized carbons (Fsp3) is 0.385. The van der Waals surface area contributed by atoms with Crippen LogP contribution >= 0.6 is 0 Å². The van der Waals surface area contributed by atoms with E-state index in [-0.39, 0.29) is 0 Å². The number of hydrogen-bond donors (Lipinski definition) is 1. The van der Waals surface area contributed by atoms with Crippen LogP contribution in [0.5, 0.6) is 0 Å². The number of aromatic nitrogens is 3. The standard InChI is InChI=1S/C13H16N4/c1-17-13(14)12(10-4-6-15-7-5-10)11(16-17)8-9-2-3-9/h4-7,9H,2-3,8,14H2,1H3. The topological polar surface area (TPSA) is 56.7 Å². The lowest BCUT2D eigenvalue weighted by Crippen LogP contribution is -1.98. The SMILES string of the molecule is Cn1nc(CC2CC2)c(-c2ccncc2)c1N. The quantitative estimate of drug-likeness (QED) is 0.874. The van der Waals surface area contributed by atoms with E-state index in [0.29, 0.717) is 0 Å². The normalized spacial score (nSPS) is 15.1. The summed E-state index contributed by atoms with van der Waals surface area (Å²) in [5.74, 6) is 1.55. The highest BCUT2D eigenvalue weighted by Gasteiger charge is 2.26. The Morgan fingerprint density at radius 2 is 2.06 bits per heavy atom. The molecule has 0 radical (unpaired) electrons. The zero-order valence-electron chi connectivity index (χ0n) is 9.93. The van der Waals surface area contributed by atoms with E-state index in [2.05, 4.69) is 10.1 Å². The van der Waals surface area contributed by atoms with E-state index in [9.17, 15) is 0 Å². The first kappa shape index (κ1) is 10.3. The zero-order chi connectivity index (χ0) is 11.8. The maximum absolute atomic E-state index is 6.11. The minimum atomic E-state index is 0.742. The second-order valence-electron chi connectivity index (χ2n) is 4.71. The molecule has 2 N–H and O–H groups in total. The summed E-state index contributed by atoms with van der Waals surface area (Å²) in [6.45, 7) is 0. The molecule has 1 fully saturated rings. The van der Waals surface area contributed by atoms with Crippen LogP contribution < -0.4 is 5.73 Å². The molecule has 0 unspecified atom stereocenters. The van der Waals surface area contributed by atoms with Crippen LogP contribution in [0, 0.1) is 5.92 Å². The largest absolute Gasteiger partial charge is 0.383 e. The van der Waals surface area contributed by atoms with Gasteiger partial charge < -0.3 is 5.73 Å². The van der Waals surface area contributed by atoms with E-state index >= 15 is 0 Å². The lowest BCUT2D eigenvalue weighted by Gasteiger charge is -2.02. The molecule has 0 atom stereocenters. The van der Waals surface area contributed by atoms with Crippen molar-refractivity contribution in [2.45, 2.75) is 19.3 Å². The second kappa shape index (κ2) is 3.87. The van der Waals surface area contributed by atoms with E-state index in [0.717, 1.165) is 35.0 Å². The Bertz CT molecular complexity index is 526. The third-order valence-electron chi connectivity index (χ3n) is 3.31. The molecule has 0 bridgehead atoms. The fourth-order valence-electron chi connectivity index (χ4n) is 2.17. The minimum Gasteiger partial charge on any atom is -0.383 e. The predicted octanol–water partition coefficient (Wildman–Crippen LogP) is 2.02. The van der Waals surface area contributed by atoms with Gasteiger partial charge in [-0.05, 0) is 42.9 Å². The van der Waals surface area contributed by atoms with Gasteiger partial charge in [-0.1, -0.05) is 0 Å². The number of hydrogen-bond acceptors (Lipinski definition) is 3. The Morgan fingerprint density at radius 3 is 2.71 bits per heavy atom. The van der Waals surface area contributed by atoms with Gasteiger partial charge in [0.05, 0.1) is 5.69 Å². The molecule has 0 aromatic carbocycles. The molecule has 2 aromatic rings. The number of nitrogen functional groups attached to an aromatic ring is 1.